The summed E-state index contributed by atoms with van der Waals surface area (Å²) in [6.45, 7) is 6.88. The van der Waals surface area contributed by atoms with Crippen LogP contribution >= 0.6 is 11.6 Å². The van der Waals surface area contributed by atoms with Gasteiger partial charge < -0.3 is 30.5 Å². The number of anilines is 1. The smallest absolute Gasteiger partial charge is 0.408 e. The molecule has 0 aromatic heterocycles. The molecule has 3 amide bonds. The first-order valence-electron chi connectivity index (χ1n) is 12.6. The van der Waals surface area contributed by atoms with Crippen molar-refractivity contribution in [3.63, 3.8) is 0 Å². The van der Waals surface area contributed by atoms with E-state index in [0.29, 0.717) is 21.8 Å². The van der Waals surface area contributed by atoms with Gasteiger partial charge in [0, 0.05) is 19.0 Å². The van der Waals surface area contributed by atoms with Gasteiger partial charge in [0.2, 0.25) is 5.91 Å². The highest BCUT2D eigenvalue weighted by Crippen LogP contribution is 2.32. The Kier molecular flexibility index (Phi) is 9.65. The topological polar surface area (TPSA) is 128 Å². The van der Waals surface area contributed by atoms with Crippen LogP contribution in [0, 0.1) is 6.92 Å². The van der Waals surface area contributed by atoms with E-state index in [-0.39, 0.29) is 23.5 Å². The molecule has 10 heteroatoms. The molecule has 0 saturated heterocycles. The summed E-state index contributed by atoms with van der Waals surface area (Å²) >= 11 is 6.34. The maximum absolute atomic E-state index is 14.0. The lowest BCUT2D eigenvalue weighted by Crippen LogP contribution is -2.52. The Morgan fingerprint density at radius 2 is 1.62 bits per heavy atom. The van der Waals surface area contributed by atoms with Crippen molar-refractivity contribution in [2.24, 2.45) is 0 Å². The zero-order valence-electron chi connectivity index (χ0n) is 23.1. The third-order valence-electron chi connectivity index (χ3n) is 6.05. The quantitative estimate of drug-likeness (QED) is 0.291. The molecule has 0 spiro atoms. The summed E-state index contributed by atoms with van der Waals surface area (Å²) < 4.78 is 5.38. The monoisotopic (exact) mass is 567 g/mol. The van der Waals surface area contributed by atoms with E-state index in [9.17, 15) is 24.6 Å². The molecule has 2 unspecified atom stereocenters. The van der Waals surface area contributed by atoms with Gasteiger partial charge in [0.25, 0.3) is 5.91 Å². The van der Waals surface area contributed by atoms with Crippen molar-refractivity contribution in [3.05, 3.63) is 88.4 Å². The van der Waals surface area contributed by atoms with Gasteiger partial charge in [0.05, 0.1) is 10.7 Å². The summed E-state index contributed by atoms with van der Waals surface area (Å²) in [4.78, 5) is 41.6. The molecular weight excluding hydrogens is 534 g/mol. The summed E-state index contributed by atoms with van der Waals surface area (Å²) in [5.41, 5.74) is 1.11. The average molecular weight is 568 g/mol. The second kappa shape index (κ2) is 12.7. The van der Waals surface area contributed by atoms with Gasteiger partial charge in [-0.1, -0.05) is 54.1 Å². The number of phenolic OH excluding ortho intramolecular Hbond substituents is 2. The fourth-order valence-electron chi connectivity index (χ4n) is 4.12. The highest BCUT2D eigenvalue weighted by atomic mass is 35.5. The van der Waals surface area contributed by atoms with Crippen molar-refractivity contribution < 1.29 is 29.3 Å². The van der Waals surface area contributed by atoms with Crippen molar-refractivity contribution in [2.45, 2.75) is 51.8 Å². The van der Waals surface area contributed by atoms with Crippen molar-refractivity contribution >= 4 is 35.2 Å². The number of alkyl carbamates (subject to hydrolysis) is 1. The van der Waals surface area contributed by atoms with Gasteiger partial charge in [-0.25, -0.2) is 4.79 Å². The summed E-state index contributed by atoms with van der Waals surface area (Å²) in [7, 11) is 1.42. The minimum atomic E-state index is -1.29. The number of aromatic hydroxyl groups is 2. The summed E-state index contributed by atoms with van der Waals surface area (Å²) in [5.74, 6) is -1.37. The Balaban J connectivity index is 1.99. The minimum absolute atomic E-state index is 0.0431. The van der Waals surface area contributed by atoms with E-state index in [1.165, 1.54) is 30.1 Å². The lowest BCUT2D eigenvalue weighted by molar-refractivity contribution is -0.139. The van der Waals surface area contributed by atoms with Gasteiger partial charge in [0.15, 0.2) is 0 Å². The molecule has 0 fully saturated rings. The first-order valence-corrected chi connectivity index (χ1v) is 13.0. The zero-order valence-corrected chi connectivity index (χ0v) is 23.8. The van der Waals surface area contributed by atoms with E-state index in [2.05, 4.69) is 10.6 Å². The summed E-state index contributed by atoms with van der Waals surface area (Å²) in [6, 6.07) is 15.1. The number of nitrogens with one attached hydrogen (secondary N) is 2. The number of likely N-dealkylation sites (N-methyl/N-ethyl adjacent to an activating group) is 1. The highest BCUT2D eigenvalue weighted by molar-refractivity contribution is 6.34. The van der Waals surface area contributed by atoms with Crippen molar-refractivity contribution in [2.75, 3.05) is 12.4 Å². The SMILES string of the molecule is Cc1cccc(Cl)c1NC(=O)C(c1ccccc1O)N(C)C(=O)C(Cc1ccc(O)cc1)NC(=O)OC(C)(C)C. The Morgan fingerprint density at radius 1 is 0.975 bits per heavy atom. The van der Waals surface area contributed by atoms with E-state index >= 15 is 0 Å². The van der Waals surface area contributed by atoms with Crippen LogP contribution in [0.25, 0.3) is 0 Å². The van der Waals surface area contributed by atoms with Crippen LogP contribution in [-0.4, -0.2) is 51.7 Å². The van der Waals surface area contributed by atoms with E-state index in [1.807, 2.05) is 0 Å². The molecule has 4 N–H and O–H groups in total. The van der Waals surface area contributed by atoms with E-state index in [4.69, 9.17) is 16.3 Å². The standard InChI is InChI=1S/C30H34ClN3O6/c1-18-9-8-11-22(31)25(18)33-27(37)26(21-10-6-7-12-24(21)36)34(5)28(38)23(32-29(39)40-30(2,3)4)17-19-13-15-20(35)16-14-19/h6-16,23,26,35-36H,17H2,1-5H3,(H,32,39)(H,33,37). The number of hydrogen-bond acceptors (Lipinski definition) is 6. The van der Waals surface area contributed by atoms with Gasteiger partial charge in [0.1, 0.15) is 29.2 Å². The Bertz CT molecular complexity index is 1350. The first kappa shape index (κ1) is 30.3. The molecule has 3 rings (SSSR count). The Labute approximate surface area is 238 Å². The maximum atomic E-state index is 14.0. The number of nitrogens with zero attached hydrogens (tertiary/aromatic N) is 1. The number of hydrogen-bond donors (Lipinski definition) is 4. The maximum Gasteiger partial charge on any atom is 0.408 e. The molecule has 0 saturated carbocycles. The molecule has 0 radical (unpaired) electrons. The van der Waals surface area contributed by atoms with Crippen LogP contribution in [0.5, 0.6) is 11.5 Å². The number of phenols is 2. The number of carbonyl (C=O) groups excluding carboxylic acids is 3. The minimum Gasteiger partial charge on any atom is -0.508 e. The molecule has 0 aliphatic heterocycles. The van der Waals surface area contributed by atoms with Crippen LogP contribution in [0.2, 0.25) is 5.02 Å². The molecule has 2 atom stereocenters. The molecule has 3 aromatic carbocycles. The molecule has 0 aliphatic carbocycles. The molecule has 0 heterocycles. The number of ether oxygens (including phenoxy) is 1. The normalized spacial score (nSPS) is 12.7. The van der Waals surface area contributed by atoms with Crippen LogP contribution in [0.15, 0.2) is 66.7 Å². The largest absolute Gasteiger partial charge is 0.508 e. The second-order valence-electron chi connectivity index (χ2n) is 10.4. The molecule has 3 aromatic rings. The summed E-state index contributed by atoms with van der Waals surface area (Å²) in [6.07, 6.45) is -0.769. The fourth-order valence-corrected chi connectivity index (χ4v) is 4.39. The molecule has 40 heavy (non-hydrogen) atoms. The fraction of sp³-hybridized carbons (Fsp3) is 0.300. The predicted octanol–water partition coefficient (Wildman–Crippen LogP) is 5.33. The van der Waals surface area contributed by atoms with Crippen molar-refractivity contribution in [3.8, 4) is 11.5 Å². The Hall–Kier alpha value is -4.24. The van der Waals surface area contributed by atoms with Crippen LogP contribution in [0.3, 0.4) is 0 Å². The van der Waals surface area contributed by atoms with Crippen molar-refractivity contribution in [1.29, 1.82) is 0 Å². The van der Waals surface area contributed by atoms with Gasteiger partial charge >= 0.3 is 6.09 Å². The first-order chi connectivity index (χ1) is 18.8. The number of carbonyl (C=O) groups is 3. The van der Waals surface area contributed by atoms with Crippen LogP contribution in [-0.2, 0) is 20.7 Å². The summed E-state index contributed by atoms with van der Waals surface area (Å²) in [5, 5.41) is 26.0. The average Bonchev–Trinajstić information content (AvgIpc) is 2.87. The van der Waals surface area contributed by atoms with Crippen LogP contribution in [0.1, 0.15) is 43.5 Å². The lowest BCUT2D eigenvalue weighted by atomic mass is 10.00. The second-order valence-corrected chi connectivity index (χ2v) is 10.8. The highest BCUT2D eigenvalue weighted by Gasteiger charge is 2.35. The van der Waals surface area contributed by atoms with E-state index < -0.39 is 35.6 Å². The van der Waals surface area contributed by atoms with E-state index in [0.717, 1.165) is 0 Å². The molecular formula is C30H34ClN3O6. The van der Waals surface area contributed by atoms with Gasteiger partial charge in [-0.3, -0.25) is 9.59 Å². The van der Waals surface area contributed by atoms with Gasteiger partial charge in [-0.15, -0.1) is 0 Å². The van der Waals surface area contributed by atoms with E-state index in [1.54, 1.807) is 76.2 Å². The number of rotatable bonds is 8. The molecule has 9 nitrogen and oxygen atoms in total. The Morgan fingerprint density at radius 3 is 2.23 bits per heavy atom. The number of amides is 3. The lowest BCUT2D eigenvalue weighted by Gasteiger charge is -2.32. The number of benzene rings is 3. The number of halogens is 1. The molecule has 0 bridgehead atoms. The third-order valence-corrected chi connectivity index (χ3v) is 6.36. The number of para-hydroxylation sites is 2. The third kappa shape index (κ3) is 7.89. The van der Waals surface area contributed by atoms with Crippen LogP contribution in [0.4, 0.5) is 10.5 Å². The molecule has 212 valence electrons. The van der Waals surface area contributed by atoms with Gasteiger partial charge in [-0.2, -0.15) is 0 Å². The van der Waals surface area contributed by atoms with Crippen LogP contribution < -0.4 is 10.6 Å². The molecule has 0 aliphatic rings. The van der Waals surface area contributed by atoms with Crippen molar-refractivity contribution in [1.82, 2.24) is 10.2 Å². The number of aryl methyl sites for hydroxylation is 1. The zero-order chi connectivity index (χ0) is 29.6. The van der Waals surface area contributed by atoms with Gasteiger partial charge in [-0.05, 0) is 63.1 Å². The predicted molar refractivity (Wildman–Crippen MR) is 153 cm³/mol.